The summed E-state index contributed by atoms with van der Waals surface area (Å²) in [7, 11) is 0. The number of carbonyl (C=O) groups is 1. The van der Waals surface area contributed by atoms with Gasteiger partial charge in [0, 0.05) is 37.8 Å². The number of ether oxygens (including phenoxy) is 1. The second-order valence-electron chi connectivity index (χ2n) is 9.85. The van der Waals surface area contributed by atoms with E-state index in [0.29, 0.717) is 41.5 Å². The molecule has 0 unspecified atom stereocenters. The number of rotatable bonds is 9. The fourth-order valence-electron chi connectivity index (χ4n) is 4.95. The molecule has 11 nitrogen and oxygen atoms in total. The van der Waals surface area contributed by atoms with E-state index in [2.05, 4.69) is 19.8 Å². The minimum Gasteiger partial charge on any atom is -0.478 e. The molecule has 0 aliphatic carbocycles. The maximum atomic E-state index is 14.2. The Balaban J connectivity index is 1.12. The lowest BCUT2D eigenvalue weighted by atomic mass is 10.1. The first-order valence-corrected chi connectivity index (χ1v) is 13.3. The summed E-state index contributed by atoms with van der Waals surface area (Å²) in [4.78, 5) is 29.7. The Kier molecular flexibility index (Phi) is 7.49. The molecule has 2 aromatic carbocycles. The summed E-state index contributed by atoms with van der Waals surface area (Å²) in [5.41, 5.74) is 2.22. The fourth-order valence-corrected chi connectivity index (χ4v) is 4.95. The van der Waals surface area contributed by atoms with E-state index in [4.69, 9.17) is 19.4 Å². The van der Waals surface area contributed by atoms with Crippen LogP contribution in [0, 0.1) is 17.1 Å². The van der Waals surface area contributed by atoms with E-state index in [-0.39, 0.29) is 17.7 Å². The third-order valence-electron chi connectivity index (χ3n) is 7.18. The monoisotopic (exact) mass is 567 g/mol. The molecule has 1 fully saturated rings. The van der Waals surface area contributed by atoms with Crippen molar-refractivity contribution in [2.75, 3.05) is 31.1 Å². The lowest BCUT2D eigenvalue weighted by Gasteiger charge is -2.35. The van der Waals surface area contributed by atoms with Gasteiger partial charge in [0.05, 0.1) is 41.0 Å². The number of hydrogen-bond acceptors (Lipinski definition) is 9. The van der Waals surface area contributed by atoms with Gasteiger partial charge in [0.2, 0.25) is 11.8 Å². The van der Waals surface area contributed by atoms with Crippen molar-refractivity contribution in [1.29, 1.82) is 5.26 Å². The van der Waals surface area contributed by atoms with Crippen molar-refractivity contribution in [2.45, 2.75) is 19.7 Å². The number of piperazine rings is 1. The molecule has 42 heavy (non-hydrogen) atoms. The fraction of sp³-hybridized carbons (Fsp3) is 0.233. The van der Waals surface area contributed by atoms with Crippen molar-refractivity contribution in [1.82, 2.24) is 24.4 Å². The molecule has 1 aliphatic heterocycles. The number of oxazole rings is 1. The number of imidazole rings is 1. The molecule has 0 spiro atoms. The van der Waals surface area contributed by atoms with Crippen LogP contribution in [0.4, 0.5) is 10.2 Å². The predicted octanol–water partition coefficient (Wildman–Crippen LogP) is 4.08. The van der Waals surface area contributed by atoms with Crippen molar-refractivity contribution in [2.24, 2.45) is 0 Å². The SMILES string of the molecule is N#Cc1ccc(COc2cccc(N3CCN(Cc4nc5ccc(C(=O)O)cc5n4Cc4ncco4)CC3)n2)c(F)c1. The van der Waals surface area contributed by atoms with E-state index in [1.54, 1.807) is 42.6 Å². The van der Waals surface area contributed by atoms with Crippen LogP contribution in [0.2, 0.25) is 0 Å². The van der Waals surface area contributed by atoms with E-state index in [0.717, 1.165) is 37.8 Å². The first-order valence-electron chi connectivity index (χ1n) is 13.3. The molecule has 4 heterocycles. The van der Waals surface area contributed by atoms with Crippen molar-refractivity contribution in [3.05, 3.63) is 101 Å². The van der Waals surface area contributed by atoms with Crippen molar-refractivity contribution >= 4 is 22.8 Å². The smallest absolute Gasteiger partial charge is 0.335 e. The van der Waals surface area contributed by atoms with Crippen LogP contribution in [0.25, 0.3) is 11.0 Å². The lowest BCUT2D eigenvalue weighted by Crippen LogP contribution is -2.46. The number of aromatic nitrogens is 4. The number of hydrogen-bond donors (Lipinski definition) is 1. The summed E-state index contributed by atoms with van der Waals surface area (Å²) >= 11 is 0. The molecule has 5 aromatic rings. The molecule has 1 aliphatic rings. The zero-order valence-corrected chi connectivity index (χ0v) is 22.5. The van der Waals surface area contributed by atoms with Crippen LogP contribution in [-0.2, 0) is 19.7 Å². The van der Waals surface area contributed by atoms with E-state index >= 15 is 0 Å². The number of anilines is 1. The molecule has 3 aromatic heterocycles. The molecule has 212 valence electrons. The van der Waals surface area contributed by atoms with Gasteiger partial charge < -0.3 is 23.7 Å². The van der Waals surface area contributed by atoms with E-state index in [1.165, 1.54) is 12.3 Å². The van der Waals surface area contributed by atoms with Gasteiger partial charge in [0.15, 0.2) is 0 Å². The molecule has 0 amide bonds. The number of nitrogens with zero attached hydrogens (tertiary/aromatic N) is 7. The Hall–Kier alpha value is -5.28. The first kappa shape index (κ1) is 26.9. The third-order valence-corrected chi connectivity index (χ3v) is 7.18. The number of nitriles is 1. The quantitative estimate of drug-likeness (QED) is 0.278. The summed E-state index contributed by atoms with van der Waals surface area (Å²) < 4.78 is 27.4. The number of pyridine rings is 1. The maximum absolute atomic E-state index is 14.2. The predicted molar refractivity (Wildman–Crippen MR) is 149 cm³/mol. The zero-order chi connectivity index (χ0) is 29.1. The van der Waals surface area contributed by atoms with E-state index in [9.17, 15) is 14.3 Å². The van der Waals surface area contributed by atoms with Gasteiger partial charge in [0.25, 0.3) is 0 Å². The van der Waals surface area contributed by atoms with Gasteiger partial charge in [0.1, 0.15) is 36.9 Å². The van der Waals surface area contributed by atoms with E-state index in [1.807, 2.05) is 22.8 Å². The van der Waals surface area contributed by atoms with Crippen LogP contribution in [0.15, 0.2) is 71.5 Å². The normalized spacial score (nSPS) is 13.8. The first-order chi connectivity index (χ1) is 20.5. The van der Waals surface area contributed by atoms with Crippen LogP contribution in [-0.4, -0.2) is 61.7 Å². The number of aromatic carboxylic acids is 1. The lowest BCUT2D eigenvalue weighted by molar-refractivity contribution is 0.0697. The topological polar surface area (TPSA) is 134 Å². The molecular formula is C30H26FN7O4. The molecule has 0 bridgehead atoms. The summed E-state index contributed by atoms with van der Waals surface area (Å²) in [5.74, 6) is 0.976. The number of halogens is 1. The van der Waals surface area contributed by atoms with Crippen LogP contribution in [0.5, 0.6) is 5.88 Å². The Morgan fingerprint density at radius 1 is 1.07 bits per heavy atom. The molecule has 0 radical (unpaired) electrons. The molecule has 0 atom stereocenters. The summed E-state index contributed by atoms with van der Waals surface area (Å²) in [5, 5.41) is 18.4. The van der Waals surface area contributed by atoms with E-state index < -0.39 is 11.8 Å². The average molecular weight is 568 g/mol. The van der Waals surface area contributed by atoms with Crippen LogP contribution in [0.3, 0.4) is 0 Å². The second-order valence-corrected chi connectivity index (χ2v) is 9.85. The van der Waals surface area contributed by atoms with Gasteiger partial charge in [-0.2, -0.15) is 10.2 Å². The summed E-state index contributed by atoms with van der Waals surface area (Å²) in [6.45, 7) is 3.87. The third kappa shape index (κ3) is 5.77. The highest BCUT2D eigenvalue weighted by Crippen LogP contribution is 2.23. The molecular weight excluding hydrogens is 541 g/mol. The minimum atomic E-state index is -0.997. The second kappa shape index (κ2) is 11.7. The molecule has 0 saturated carbocycles. The Labute approximate surface area is 240 Å². The van der Waals surface area contributed by atoms with Crippen LogP contribution >= 0.6 is 0 Å². The van der Waals surface area contributed by atoms with Crippen molar-refractivity contribution in [3.63, 3.8) is 0 Å². The Morgan fingerprint density at radius 2 is 1.93 bits per heavy atom. The highest BCUT2D eigenvalue weighted by molar-refractivity contribution is 5.92. The molecule has 1 saturated heterocycles. The van der Waals surface area contributed by atoms with Gasteiger partial charge in [-0.15, -0.1) is 0 Å². The highest BCUT2D eigenvalue weighted by Gasteiger charge is 2.22. The molecule has 12 heteroatoms. The number of carboxylic acids is 1. The van der Waals surface area contributed by atoms with Crippen LogP contribution in [0.1, 0.15) is 33.2 Å². The number of fused-ring (bicyclic) bond motifs is 1. The van der Waals surface area contributed by atoms with Crippen molar-refractivity contribution in [3.8, 4) is 11.9 Å². The maximum Gasteiger partial charge on any atom is 0.335 e. The number of carboxylic acid groups (broad SMARTS) is 1. The number of benzene rings is 2. The van der Waals surface area contributed by atoms with Gasteiger partial charge in [-0.05, 0) is 36.4 Å². The molecule has 1 N–H and O–H groups in total. The minimum absolute atomic E-state index is 0.00422. The van der Waals surface area contributed by atoms with Gasteiger partial charge in [-0.1, -0.05) is 12.1 Å². The van der Waals surface area contributed by atoms with Crippen molar-refractivity contribution < 1.29 is 23.4 Å². The standard InChI is InChI=1S/C30H26FN7O4/c31-23-14-20(16-32)4-5-22(23)19-42-28-3-1-2-26(35-28)37-11-9-36(10-12-37)17-27-34-24-7-6-21(30(39)40)15-25(24)38(27)18-29-33-8-13-41-29/h1-8,13-15H,9-12,17-19H2,(H,39,40). The van der Waals surface area contributed by atoms with Gasteiger partial charge in [-0.3, -0.25) is 4.90 Å². The summed E-state index contributed by atoms with van der Waals surface area (Å²) in [6, 6.07) is 16.6. The summed E-state index contributed by atoms with van der Waals surface area (Å²) in [6.07, 6.45) is 3.09. The average Bonchev–Trinajstić information content (AvgIpc) is 3.65. The Morgan fingerprint density at radius 3 is 2.67 bits per heavy atom. The largest absolute Gasteiger partial charge is 0.478 e. The van der Waals surface area contributed by atoms with Crippen LogP contribution < -0.4 is 9.64 Å². The zero-order valence-electron chi connectivity index (χ0n) is 22.5. The van der Waals surface area contributed by atoms with Gasteiger partial charge in [-0.25, -0.2) is 19.2 Å². The van der Waals surface area contributed by atoms with Gasteiger partial charge >= 0.3 is 5.97 Å². The highest BCUT2D eigenvalue weighted by atomic mass is 19.1. The Bertz CT molecular complexity index is 1770. The molecule has 6 rings (SSSR count).